The van der Waals surface area contributed by atoms with E-state index in [0.717, 1.165) is 44.1 Å². The number of nitrogens with zero attached hydrogens (tertiary/aromatic N) is 3. The number of benzene rings is 1. The first kappa shape index (κ1) is 23.5. The van der Waals surface area contributed by atoms with Gasteiger partial charge < -0.3 is 20.3 Å². The molecule has 1 aromatic rings. The summed E-state index contributed by atoms with van der Waals surface area (Å²) < 4.78 is 5.53. The first-order chi connectivity index (χ1) is 15.7. The van der Waals surface area contributed by atoms with E-state index in [2.05, 4.69) is 56.6 Å². The largest absolute Gasteiger partial charge is 0.381 e. The summed E-state index contributed by atoms with van der Waals surface area (Å²) in [5.74, 6) is 2.46. The first-order valence-corrected chi connectivity index (χ1v) is 12.7. The summed E-state index contributed by atoms with van der Waals surface area (Å²) in [6.45, 7) is 12.1. The molecule has 2 N–H and O–H groups in total. The number of nitrogens with one attached hydrogen (secondary N) is 2. The van der Waals surface area contributed by atoms with Gasteiger partial charge in [0, 0.05) is 52.4 Å². The zero-order valence-corrected chi connectivity index (χ0v) is 20.2. The average molecular weight is 442 g/mol. The van der Waals surface area contributed by atoms with Gasteiger partial charge in [-0.1, -0.05) is 29.8 Å². The molecule has 0 radical (unpaired) electrons. The zero-order chi connectivity index (χ0) is 22.2. The Morgan fingerprint density at radius 2 is 1.69 bits per heavy atom. The number of aliphatic imine (C=N–C) groups is 1. The summed E-state index contributed by atoms with van der Waals surface area (Å²) in [5, 5.41) is 7.30. The third-order valence-electron chi connectivity index (χ3n) is 7.48. The molecule has 0 amide bonds. The van der Waals surface area contributed by atoms with E-state index in [0.29, 0.717) is 6.04 Å². The summed E-state index contributed by atoms with van der Waals surface area (Å²) in [6.07, 6.45) is 6.16. The fourth-order valence-electron chi connectivity index (χ4n) is 5.28. The van der Waals surface area contributed by atoms with E-state index >= 15 is 0 Å². The monoisotopic (exact) mass is 441 g/mol. The van der Waals surface area contributed by atoms with Gasteiger partial charge in [0.1, 0.15) is 0 Å². The van der Waals surface area contributed by atoms with E-state index in [1.807, 2.05) is 7.05 Å². The molecule has 1 aromatic carbocycles. The van der Waals surface area contributed by atoms with Crippen LogP contribution in [0.2, 0.25) is 0 Å². The van der Waals surface area contributed by atoms with E-state index in [1.54, 1.807) is 0 Å². The van der Waals surface area contributed by atoms with E-state index in [1.165, 1.54) is 76.0 Å². The van der Waals surface area contributed by atoms with Gasteiger partial charge in [-0.3, -0.25) is 9.89 Å². The van der Waals surface area contributed by atoms with Gasteiger partial charge in [-0.15, -0.1) is 0 Å². The van der Waals surface area contributed by atoms with Crippen LogP contribution in [-0.4, -0.2) is 81.3 Å². The van der Waals surface area contributed by atoms with Crippen LogP contribution in [0.15, 0.2) is 29.3 Å². The predicted octanol–water partition coefficient (Wildman–Crippen LogP) is 2.87. The molecule has 4 rings (SSSR count). The van der Waals surface area contributed by atoms with Gasteiger partial charge in [0.05, 0.1) is 6.61 Å². The zero-order valence-electron chi connectivity index (χ0n) is 20.2. The van der Waals surface area contributed by atoms with E-state index in [9.17, 15) is 0 Å². The van der Waals surface area contributed by atoms with E-state index < -0.39 is 0 Å². The Morgan fingerprint density at radius 1 is 0.969 bits per heavy atom. The fraction of sp³-hybridized carbons (Fsp3) is 0.731. The van der Waals surface area contributed by atoms with Crippen molar-refractivity contribution in [3.8, 4) is 0 Å². The highest BCUT2D eigenvalue weighted by Crippen LogP contribution is 2.19. The maximum Gasteiger partial charge on any atom is 0.191 e. The quantitative estimate of drug-likeness (QED) is 0.503. The topological polar surface area (TPSA) is 52.1 Å². The van der Waals surface area contributed by atoms with Crippen molar-refractivity contribution in [2.24, 2.45) is 16.8 Å². The minimum atomic E-state index is 0.536. The normalized spacial score (nSPS) is 24.7. The summed E-state index contributed by atoms with van der Waals surface area (Å²) in [6, 6.07) is 9.52. The lowest BCUT2D eigenvalue weighted by Crippen LogP contribution is -2.50. The lowest BCUT2D eigenvalue weighted by molar-refractivity contribution is 0.150. The molecule has 0 bridgehead atoms. The Labute approximate surface area is 194 Å². The highest BCUT2D eigenvalue weighted by Gasteiger charge is 2.25. The Morgan fingerprint density at radius 3 is 2.34 bits per heavy atom. The first-order valence-electron chi connectivity index (χ1n) is 12.7. The van der Waals surface area contributed by atoms with Crippen LogP contribution < -0.4 is 10.6 Å². The molecule has 0 aromatic heterocycles. The van der Waals surface area contributed by atoms with Crippen molar-refractivity contribution in [3.05, 3.63) is 35.4 Å². The second kappa shape index (κ2) is 12.0. The number of hydrogen-bond acceptors (Lipinski definition) is 4. The maximum absolute atomic E-state index is 5.53. The second-order valence-corrected chi connectivity index (χ2v) is 10.1. The molecule has 3 saturated heterocycles. The molecule has 32 heavy (non-hydrogen) atoms. The SMILES string of the molecule is CN=C(NCC1CCN(Cc2ccc(C)cc2)CC1)NC1CCN(CC2CCOC2)CC1. The molecule has 3 heterocycles. The van der Waals surface area contributed by atoms with Crippen LogP contribution in [0.5, 0.6) is 0 Å². The van der Waals surface area contributed by atoms with Crippen molar-refractivity contribution < 1.29 is 4.74 Å². The van der Waals surface area contributed by atoms with Crippen LogP contribution in [0.1, 0.15) is 43.2 Å². The fourth-order valence-corrected chi connectivity index (χ4v) is 5.28. The molecule has 1 atom stereocenters. The average Bonchev–Trinajstić information content (AvgIpc) is 3.33. The molecule has 1 unspecified atom stereocenters. The number of piperidine rings is 2. The lowest BCUT2D eigenvalue weighted by atomic mass is 9.96. The molecule has 3 fully saturated rings. The number of hydrogen-bond donors (Lipinski definition) is 2. The number of aryl methyl sites for hydroxylation is 1. The van der Waals surface area contributed by atoms with Crippen LogP contribution in [0.3, 0.4) is 0 Å². The predicted molar refractivity (Wildman–Crippen MR) is 132 cm³/mol. The Kier molecular flexibility index (Phi) is 8.83. The minimum Gasteiger partial charge on any atom is -0.381 e. The van der Waals surface area contributed by atoms with Gasteiger partial charge in [-0.2, -0.15) is 0 Å². The van der Waals surface area contributed by atoms with Crippen molar-refractivity contribution in [3.63, 3.8) is 0 Å². The molecule has 0 saturated carbocycles. The van der Waals surface area contributed by atoms with Gasteiger partial charge in [-0.25, -0.2) is 0 Å². The summed E-state index contributed by atoms with van der Waals surface area (Å²) >= 11 is 0. The number of ether oxygens (including phenoxy) is 1. The highest BCUT2D eigenvalue weighted by atomic mass is 16.5. The van der Waals surface area contributed by atoms with Crippen LogP contribution in [0, 0.1) is 18.8 Å². The van der Waals surface area contributed by atoms with Crippen molar-refractivity contribution in [1.82, 2.24) is 20.4 Å². The van der Waals surface area contributed by atoms with Gasteiger partial charge in [0.2, 0.25) is 0 Å². The molecule has 3 aliphatic rings. The minimum absolute atomic E-state index is 0.536. The second-order valence-electron chi connectivity index (χ2n) is 10.1. The molecule has 3 aliphatic heterocycles. The van der Waals surface area contributed by atoms with Crippen molar-refractivity contribution in [2.75, 3.05) is 59.5 Å². The number of likely N-dealkylation sites (tertiary alicyclic amines) is 2. The molecule has 0 aliphatic carbocycles. The molecule has 0 spiro atoms. The molecule has 6 heteroatoms. The maximum atomic E-state index is 5.53. The number of guanidine groups is 1. The third-order valence-corrected chi connectivity index (χ3v) is 7.48. The highest BCUT2D eigenvalue weighted by molar-refractivity contribution is 5.79. The van der Waals surface area contributed by atoms with Gasteiger partial charge in [-0.05, 0) is 69.5 Å². The van der Waals surface area contributed by atoms with Crippen molar-refractivity contribution >= 4 is 5.96 Å². The van der Waals surface area contributed by atoms with Crippen LogP contribution in [-0.2, 0) is 11.3 Å². The van der Waals surface area contributed by atoms with Crippen LogP contribution in [0.25, 0.3) is 0 Å². The lowest BCUT2D eigenvalue weighted by Gasteiger charge is -2.35. The van der Waals surface area contributed by atoms with Crippen molar-refractivity contribution in [1.29, 1.82) is 0 Å². The van der Waals surface area contributed by atoms with Gasteiger partial charge in [0.15, 0.2) is 5.96 Å². The molecule has 178 valence electrons. The van der Waals surface area contributed by atoms with E-state index in [4.69, 9.17) is 4.74 Å². The Balaban J connectivity index is 1.11. The van der Waals surface area contributed by atoms with Crippen LogP contribution in [0.4, 0.5) is 0 Å². The van der Waals surface area contributed by atoms with Crippen molar-refractivity contribution in [2.45, 2.75) is 51.6 Å². The third kappa shape index (κ3) is 7.19. The smallest absolute Gasteiger partial charge is 0.191 e. The molecular formula is C26H43N5O. The summed E-state index contributed by atoms with van der Waals surface area (Å²) in [4.78, 5) is 9.72. The van der Waals surface area contributed by atoms with Crippen LogP contribution >= 0.6 is 0 Å². The Bertz CT molecular complexity index is 699. The summed E-state index contributed by atoms with van der Waals surface area (Å²) in [5.41, 5.74) is 2.77. The van der Waals surface area contributed by atoms with Gasteiger partial charge >= 0.3 is 0 Å². The van der Waals surface area contributed by atoms with Gasteiger partial charge in [0.25, 0.3) is 0 Å². The Hall–Kier alpha value is -1.63. The molecule has 6 nitrogen and oxygen atoms in total. The standard InChI is InChI=1S/C26H43N5O/c1-21-3-5-23(6-4-21)18-30-12-7-22(8-13-30)17-28-26(27-2)29-25-9-14-31(15-10-25)19-24-11-16-32-20-24/h3-6,22,24-25H,7-20H2,1-2H3,(H2,27,28,29). The van der Waals surface area contributed by atoms with E-state index in [-0.39, 0.29) is 0 Å². The molecular weight excluding hydrogens is 398 g/mol. The number of rotatable bonds is 7. The summed E-state index contributed by atoms with van der Waals surface area (Å²) in [7, 11) is 1.90.